The number of methoxy groups -OCH3 is 1. The van der Waals surface area contributed by atoms with Gasteiger partial charge in [-0.05, 0) is 123 Å². The van der Waals surface area contributed by atoms with Gasteiger partial charge in [-0.2, -0.15) is 0 Å². The first-order chi connectivity index (χ1) is 16.9. The van der Waals surface area contributed by atoms with E-state index in [0.717, 1.165) is 64.4 Å². The van der Waals surface area contributed by atoms with Gasteiger partial charge < -0.3 is 14.6 Å². The van der Waals surface area contributed by atoms with Crippen LogP contribution in [0.25, 0.3) is 0 Å². The maximum Gasteiger partial charge on any atom is 0.573 e. The summed E-state index contributed by atoms with van der Waals surface area (Å²) in [6, 6.07) is 5.41. The van der Waals surface area contributed by atoms with Crippen molar-refractivity contribution in [2.75, 3.05) is 13.7 Å². The fourth-order valence-electron chi connectivity index (χ4n) is 9.24. The van der Waals surface area contributed by atoms with Gasteiger partial charge in [-0.1, -0.05) is 6.92 Å². The van der Waals surface area contributed by atoms with Crippen molar-refractivity contribution in [3.63, 3.8) is 0 Å². The predicted molar refractivity (Wildman–Crippen MR) is 129 cm³/mol. The van der Waals surface area contributed by atoms with Crippen LogP contribution in [0.3, 0.4) is 0 Å². The summed E-state index contributed by atoms with van der Waals surface area (Å²) in [6.45, 7) is 5.00. The van der Waals surface area contributed by atoms with Crippen molar-refractivity contribution >= 4 is 5.78 Å². The van der Waals surface area contributed by atoms with Crippen molar-refractivity contribution in [3.8, 4) is 5.75 Å². The van der Waals surface area contributed by atoms with Crippen LogP contribution in [0.1, 0.15) is 82.0 Å². The number of carbonyl (C=O) groups excluding carboxylic acids is 1. The van der Waals surface area contributed by atoms with Gasteiger partial charge >= 0.3 is 6.36 Å². The molecule has 8 atom stereocenters. The number of ether oxygens (including phenoxy) is 2. The van der Waals surface area contributed by atoms with Gasteiger partial charge in [0.2, 0.25) is 0 Å². The first kappa shape index (κ1) is 26.0. The molecule has 0 amide bonds. The van der Waals surface area contributed by atoms with Crippen molar-refractivity contribution in [1.82, 2.24) is 0 Å². The standard InChI is InChI=1S/C29H39F3O4/c1-26(34)14-15-28(17-35-3)19(16-26)6-9-21-22-10-11-24(27(22,2)13-12-23(21)28)25(33)18-4-7-20(8-5-18)36-29(30,31)32/h4-5,7-8,19,21-24,34H,6,9-17H2,1-3H3. The highest BCUT2D eigenvalue weighted by atomic mass is 19.4. The maximum atomic E-state index is 13.6. The molecule has 0 saturated heterocycles. The van der Waals surface area contributed by atoms with Crippen LogP contribution in [0.4, 0.5) is 13.2 Å². The second-order valence-corrected chi connectivity index (χ2v) is 12.6. The third-order valence-corrected chi connectivity index (χ3v) is 10.8. The highest BCUT2D eigenvalue weighted by Gasteiger charge is 2.63. The first-order valence-corrected chi connectivity index (χ1v) is 13.5. The minimum absolute atomic E-state index is 0.0472. The Kier molecular flexibility index (Phi) is 6.51. The average molecular weight is 509 g/mol. The van der Waals surface area contributed by atoms with Crippen LogP contribution in [0.2, 0.25) is 0 Å². The molecule has 0 radical (unpaired) electrons. The molecule has 0 heterocycles. The summed E-state index contributed by atoms with van der Waals surface area (Å²) < 4.78 is 47.4. The maximum absolute atomic E-state index is 13.6. The lowest BCUT2D eigenvalue weighted by Gasteiger charge is -2.62. The van der Waals surface area contributed by atoms with Crippen LogP contribution < -0.4 is 4.74 Å². The van der Waals surface area contributed by atoms with Gasteiger partial charge in [-0.25, -0.2) is 0 Å². The van der Waals surface area contributed by atoms with Gasteiger partial charge in [-0.15, -0.1) is 13.2 Å². The number of alkyl halides is 3. The number of fused-ring (bicyclic) bond motifs is 5. The van der Waals surface area contributed by atoms with E-state index in [1.807, 2.05) is 6.92 Å². The number of ketones is 1. The molecular weight excluding hydrogens is 469 g/mol. The third-order valence-electron chi connectivity index (χ3n) is 10.8. The molecule has 7 heteroatoms. The fraction of sp³-hybridized carbons (Fsp3) is 0.759. The van der Waals surface area contributed by atoms with Gasteiger partial charge in [-0.3, -0.25) is 4.79 Å². The topological polar surface area (TPSA) is 55.8 Å². The van der Waals surface area contributed by atoms with Gasteiger partial charge in [0.25, 0.3) is 0 Å². The van der Waals surface area contributed by atoms with E-state index in [0.29, 0.717) is 29.2 Å². The third kappa shape index (κ3) is 4.38. The number of rotatable bonds is 5. The number of benzene rings is 1. The summed E-state index contributed by atoms with van der Waals surface area (Å²) in [5.41, 5.74) is -0.116. The Balaban J connectivity index is 1.36. The van der Waals surface area contributed by atoms with E-state index in [9.17, 15) is 23.1 Å². The van der Waals surface area contributed by atoms with Crippen LogP contribution in [-0.4, -0.2) is 36.6 Å². The Labute approximate surface area is 211 Å². The van der Waals surface area contributed by atoms with Crippen LogP contribution in [0, 0.1) is 40.4 Å². The lowest BCUT2D eigenvalue weighted by atomic mass is 9.43. The number of halogens is 3. The lowest BCUT2D eigenvalue weighted by molar-refractivity contribution is -0.274. The Morgan fingerprint density at radius 3 is 2.39 bits per heavy atom. The lowest BCUT2D eigenvalue weighted by Crippen LogP contribution is -2.58. The molecule has 5 rings (SSSR count). The molecule has 1 aromatic carbocycles. The molecule has 36 heavy (non-hydrogen) atoms. The van der Waals surface area contributed by atoms with Crippen LogP contribution >= 0.6 is 0 Å². The monoisotopic (exact) mass is 508 g/mol. The van der Waals surface area contributed by atoms with E-state index in [1.54, 1.807) is 7.11 Å². The fourth-order valence-corrected chi connectivity index (χ4v) is 9.24. The smallest absolute Gasteiger partial charge is 0.406 e. The van der Waals surface area contributed by atoms with E-state index in [-0.39, 0.29) is 28.3 Å². The van der Waals surface area contributed by atoms with E-state index >= 15 is 0 Å². The van der Waals surface area contributed by atoms with Crippen LogP contribution in [-0.2, 0) is 4.74 Å². The van der Waals surface area contributed by atoms with Gasteiger partial charge in [0, 0.05) is 18.6 Å². The Bertz CT molecular complexity index is 974. The number of hydrogen-bond donors (Lipinski definition) is 1. The van der Waals surface area contributed by atoms with Gasteiger partial charge in [0.1, 0.15) is 5.75 Å². The molecule has 1 aromatic rings. The zero-order valence-electron chi connectivity index (χ0n) is 21.6. The molecule has 8 unspecified atom stereocenters. The van der Waals surface area contributed by atoms with Gasteiger partial charge in [0.15, 0.2) is 5.78 Å². The Morgan fingerprint density at radius 2 is 1.72 bits per heavy atom. The van der Waals surface area contributed by atoms with E-state index in [4.69, 9.17) is 4.74 Å². The molecule has 4 nitrogen and oxygen atoms in total. The van der Waals surface area contributed by atoms with Crippen molar-refractivity contribution in [3.05, 3.63) is 29.8 Å². The van der Waals surface area contributed by atoms with Crippen molar-refractivity contribution in [2.24, 2.45) is 40.4 Å². The quantitative estimate of drug-likeness (QED) is 0.444. The Hall–Kier alpha value is -1.60. The number of hydrogen-bond acceptors (Lipinski definition) is 4. The van der Waals surface area contributed by atoms with Crippen molar-refractivity contribution in [2.45, 2.75) is 83.6 Å². The molecule has 200 valence electrons. The summed E-state index contributed by atoms with van der Waals surface area (Å²) >= 11 is 0. The van der Waals surface area contributed by atoms with E-state index in [1.165, 1.54) is 24.3 Å². The highest BCUT2D eigenvalue weighted by molar-refractivity contribution is 5.98. The largest absolute Gasteiger partial charge is 0.573 e. The van der Waals surface area contributed by atoms with Gasteiger partial charge in [0.05, 0.1) is 12.2 Å². The summed E-state index contributed by atoms with van der Waals surface area (Å²) in [6.07, 6.45) is 4.06. The second kappa shape index (κ2) is 9.00. The van der Waals surface area contributed by atoms with Crippen LogP contribution in [0.15, 0.2) is 24.3 Å². The summed E-state index contributed by atoms with van der Waals surface area (Å²) in [4.78, 5) is 13.6. The molecule has 0 aliphatic heterocycles. The number of Topliss-reactive ketones (excluding diaryl/α,β-unsaturated/α-hetero) is 1. The molecule has 4 aliphatic carbocycles. The van der Waals surface area contributed by atoms with Crippen molar-refractivity contribution < 1.29 is 32.5 Å². The summed E-state index contributed by atoms with van der Waals surface area (Å²) in [5, 5.41) is 10.8. The zero-order valence-corrected chi connectivity index (χ0v) is 21.6. The van der Waals surface area contributed by atoms with E-state index < -0.39 is 12.0 Å². The molecule has 4 saturated carbocycles. The average Bonchev–Trinajstić information content (AvgIpc) is 3.15. The van der Waals surface area contributed by atoms with E-state index in [2.05, 4.69) is 11.7 Å². The molecule has 1 N–H and O–H groups in total. The number of aliphatic hydroxyl groups is 1. The number of carbonyl (C=O) groups is 1. The minimum atomic E-state index is -4.75. The Morgan fingerprint density at radius 1 is 1.00 bits per heavy atom. The predicted octanol–water partition coefficient (Wildman–Crippen LogP) is 6.80. The van der Waals surface area contributed by atoms with Crippen LogP contribution in [0.5, 0.6) is 5.75 Å². The summed E-state index contributed by atoms with van der Waals surface area (Å²) in [7, 11) is 1.80. The SMILES string of the molecule is COCC12CCC(C)(O)CC1CCC1C3CCC(C(=O)c4ccc(OC(F)(F)F)cc4)C3(C)CCC12. The first-order valence-electron chi connectivity index (χ1n) is 13.5. The molecule has 4 fully saturated rings. The molecule has 0 spiro atoms. The minimum Gasteiger partial charge on any atom is -0.406 e. The highest BCUT2D eigenvalue weighted by Crippen LogP contribution is 2.68. The van der Waals surface area contributed by atoms with Crippen molar-refractivity contribution in [1.29, 1.82) is 0 Å². The zero-order chi connectivity index (χ0) is 25.9. The summed E-state index contributed by atoms with van der Waals surface area (Å²) in [5.74, 6) is 1.68. The molecular formula is C29H39F3O4. The molecule has 4 aliphatic rings. The molecule has 0 aromatic heterocycles. The normalized spacial score (nSPS) is 42.2. The molecule has 0 bridgehead atoms. The second-order valence-electron chi connectivity index (χ2n) is 12.6.